The number of ether oxygens (including phenoxy) is 1. The fourth-order valence-corrected chi connectivity index (χ4v) is 4.87. The van der Waals surface area contributed by atoms with Crippen molar-refractivity contribution in [2.45, 2.75) is 18.2 Å². The Morgan fingerprint density at radius 1 is 0.897 bits per heavy atom. The van der Waals surface area contributed by atoms with Crippen LogP contribution in [0.25, 0.3) is 0 Å². The van der Waals surface area contributed by atoms with Crippen LogP contribution in [0, 0.1) is 0 Å². The van der Waals surface area contributed by atoms with Gasteiger partial charge in [0.25, 0.3) is 0 Å². The normalized spacial score (nSPS) is 17.0. The molecule has 5 nitrogen and oxygen atoms in total. The first-order valence-corrected chi connectivity index (χ1v) is 12.5. The summed E-state index contributed by atoms with van der Waals surface area (Å²) in [4.78, 5) is 13.4. The van der Waals surface area contributed by atoms with Gasteiger partial charge in [-0.15, -0.1) is 13.2 Å². The van der Waals surface area contributed by atoms with Crippen molar-refractivity contribution in [2.75, 3.05) is 11.9 Å². The Bertz CT molecular complexity index is 1460. The monoisotopic (exact) mass is 549 g/mol. The fourth-order valence-electron chi connectivity index (χ4n) is 4.74. The summed E-state index contributed by atoms with van der Waals surface area (Å²) in [5, 5.41) is 9.47. The summed E-state index contributed by atoms with van der Waals surface area (Å²) < 4.78 is 41.4. The maximum Gasteiger partial charge on any atom is 0.573 e. The number of hydrogen-bond acceptors (Lipinski definition) is 3. The van der Waals surface area contributed by atoms with Gasteiger partial charge >= 0.3 is 12.4 Å². The van der Waals surface area contributed by atoms with E-state index in [0.717, 1.165) is 28.8 Å². The van der Waals surface area contributed by atoms with Crippen LogP contribution in [0.5, 0.6) is 5.75 Å². The lowest BCUT2D eigenvalue weighted by Gasteiger charge is -2.32. The molecule has 39 heavy (non-hydrogen) atoms. The maximum atomic E-state index is 13.4. The Labute approximate surface area is 228 Å². The number of carbonyl (C=O) groups is 1. The number of halogens is 4. The van der Waals surface area contributed by atoms with E-state index in [2.05, 4.69) is 10.1 Å². The molecule has 1 aliphatic rings. The molecular weight excluding hydrogens is 527 g/mol. The van der Waals surface area contributed by atoms with Crippen molar-refractivity contribution in [3.8, 4) is 5.75 Å². The molecule has 4 aromatic carbocycles. The predicted octanol–water partition coefficient (Wildman–Crippen LogP) is 7.67. The molecule has 0 bridgehead atoms. The predicted molar refractivity (Wildman–Crippen MR) is 145 cm³/mol. The quantitative estimate of drug-likeness (QED) is 0.268. The highest BCUT2D eigenvalue weighted by atomic mass is 35.5. The number of amides is 2. The lowest BCUT2D eigenvalue weighted by atomic mass is 9.70. The summed E-state index contributed by atoms with van der Waals surface area (Å²) in [6, 6.07) is 31.6. The Morgan fingerprint density at radius 2 is 1.51 bits per heavy atom. The molecule has 4 aromatic rings. The second kappa shape index (κ2) is 10.8. The van der Waals surface area contributed by atoms with E-state index >= 15 is 0 Å². The second-order valence-corrected chi connectivity index (χ2v) is 9.56. The molecule has 1 unspecified atom stereocenters. The smallest absolute Gasteiger partial charge is 0.406 e. The Kier molecular flexibility index (Phi) is 7.30. The third kappa shape index (κ3) is 6.07. The van der Waals surface area contributed by atoms with Crippen molar-refractivity contribution in [1.82, 2.24) is 5.01 Å². The molecule has 9 heteroatoms. The van der Waals surface area contributed by atoms with Crippen LogP contribution in [-0.4, -0.2) is 29.7 Å². The summed E-state index contributed by atoms with van der Waals surface area (Å²) in [6.07, 6.45) is -4.22. The van der Waals surface area contributed by atoms with Crippen LogP contribution in [0.4, 0.5) is 23.7 Å². The molecule has 0 saturated heterocycles. The summed E-state index contributed by atoms with van der Waals surface area (Å²) in [7, 11) is 0. The molecular formula is C30H23ClF3N3O2. The summed E-state index contributed by atoms with van der Waals surface area (Å²) in [5.74, 6) is -0.379. The third-order valence-electron chi connectivity index (χ3n) is 6.46. The standard InChI is InChI=1S/C30H23ClF3N3O2/c31-24-13-11-22(12-14-24)27-29(23-9-5-2-6-10-23,19-21-7-3-1-4-8-21)20-37(36-27)28(38)35-25-15-17-26(18-16-25)39-30(32,33)34/h1-18H,19-20H2,(H,35,38). The van der Waals surface area contributed by atoms with Crippen LogP contribution in [0.1, 0.15) is 16.7 Å². The largest absolute Gasteiger partial charge is 0.573 e. The number of urea groups is 1. The minimum Gasteiger partial charge on any atom is -0.406 e. The van der Waals surface area contributed by atoms with Gasteiger partial charge in [-0.05, 0) is 59.5 Å². The Balaban J connectivity index is 1.50. The topological polar surface area (TPSA) is 53.9 Å². The van der Waals surface area contributed by atoms with Gasteiger partial charge in [-0.25, -0.2) is 9.80 Å². The van der Waals surface area contributed by atoms with Crippen molar-refractivity contribution in [3.63, 3.8) is 0 Å². The zero-order chi connectivity index (χ0) is 27.5. The fraction of sp³-hybridized carbons (Fsp3) is 0.133. The molecule has 0 aliphatic carbocycles. The van der Waals surface area contributed by atoms with Crippen LogP contribution in [0.2, 0.25) is 5.02 Å². The maximum absolute atomic E-state index is 13.4. The highest BCUT2D eigenvalue weighted by Gasteiger charge is 2.46. The van der Waals surface area contributed by atoms with Gasteiger partial charge in [-0.2, -0.15) is 5.10 Å². The molecule has 5 rings (SSSR count). The summed E-state index contributed by atoms with van der Waals surface area (Å²) >= 11 is 6.17. The van der Waals surface area contributed by atoms with E-state index in [9.17, 15) is 18.0 Å². The van der Waals surface area contributed by atoms with Gasteiger partial charge in [-0.3, -0.25) is 0 Å². The highest BCUT2D eigenvalue weighted by Crippen LogP contribution is 2.39. The average molecular weight is 550 g/mol. The highest BCUT2D eigenvalue weighted by molar-refractivity contribution is 6.30. The third-order valence-corrected chi connectivity index (χ3v) is 6.71. The molecule has 1 heterocycles. The minimum absolute atomic E-state index is 0.241. The van der Waals surface area contributed by atoms with Crippen LogP contribution in [-0.2, 0) is 11.8 Å². The zero-order valence-electron chi connectivity index (χ0n) is 20.5. The Hall–Kier alpha value is -4.30. The zero-order valence-corrected chi connectivity index (χ0v) is 21.3. The number of anilines is 1. The minimum atomic E-state index is -4.80. The van der Waals surface area contributed by atoms with Gasteiger partial charge < -0.3 is 10.1 Å². The number of alkyl halides is 3. The van der Waals surface area contributed by atoms with Crippen LogP contribution in [0.3, 0.4) is 0 Å². The molecule has 0 aromatic heterocycles. The van der Waals surface area contributed by atoms with Gasteiger partial charge in [0.15, 0.2) is 0 Å². The number of nitrogens with zero attached hydrogens (tertiary/aromatic N) is 2. The number of benzene rings is 4. The molecule has 1 N–H and O–H groups in total. The van der Waals surface area contributed by atoms with E-state index in [1.807, 2.05) is 72.8 Å². The molecule has 1 aliphatic heterocycles. The van der Waals surface area contributed by atoms with E-state index in [0.29, 0.717) is 22.8 Å². The molecule has 0 saturated carbocycles. The van der Waals surface area contributed by atoms with Crippen molar-refractivity contribution >= 4 is 29.0 Å². The number of nitrogens with one attached hydrogen (secondary N) is 1. The van der Waals surface area contributed by atoms with E-state index in [1.54, 1.807) is 12.1 Å². The first-order valence-electron chi connectivity index (χ1n) is 12.1. The van der Waals surface area contributed by atoms with Gasteiger partial charge in [-0.1, -0.05) is 84.4 Å². The average Bonchev–Trinajstić information content (AvgIpc) is 3.31. The number of hydrogen-bond donors (Lipinski definition) is 1. The molecule has 0 spiro atoms. The van der Waals surface area contributed by atoms with Gasteiger partial charge in [0.1, 0.15) is 5.75 Å². The van der Waals surface area contributed by atoms with Gasteiger partial charge in [0, 0.05) is 10.7 Å². The summed E-state index contributed by atoms with van der Waals surface area (Å²) in [6.45, 7) is 0.241. The lowest BCUT2D eigenvalue weighted by molar-refractivity contribution is -0.274. The molecule has 0 radical (unpaired) electrons. The van der Waals surface area contributed by atoms with Crippen LogP contribution in [0.15, 0.2) is 114 Å². The van der Waals surface area contributed by atoms with Crippen molar-refractivity contribution < 1.29 is 22.7 Å². The first-order chi connectivity index (χ1) is 18.7. The van der Waals surface area contributed by atoms with Crippen LogP contribution < -0.4 is 10.1 Å². The van der Waals surface area contributed by atoms with Crippen molar-refractivity contribution in [3.05, 3.63) is 131 Å². The molecule has 2 amide bonds. The second-order valence-electron chi connectivity index (χ2n) is 9.13. The molecule has 1 atom stereocenters. The first kappa shape index (κ1) is 26.3. The van der Waals surface area contributed by atoms with E-state index in [1.165, 1.54) is 17.1 Å². The molecule has 0 fully saturated rings. The lowest BCUT2D eigenvalue weighted by Crippen LogP contribution is -2.43. The number of rotatable bonds is 6. The summed E-state index contributed by atoms with van der Waals surface area (Å²) in [5.41, 5.74) is 3.22. The number of carbonyl (C=O) groups excluding carboxylic acids is 1. The van der Waals surface area contributed by atoms with Crippen LogP contribution >= 0.6 is 11.6 Å². The van der Waals surface area contributed by atoms with E-state index in [-0.39, 0.29) is 12.3 Å². The van der Waals surface area contributed by atoms with Crippen molar-refractivity contribution in [1.29, 1.82) is 0 Å². The van der Waals surface area contributed by atoms with Gasteiger partial charge in [0.2, 0.25) is 0 Å². The van der Waals surface area contributed by atoms with Gasteiger partial charge in [0.05, 0.1) is 17.7 Å². The van der Waals surface area contributed by atoms with E-state index in [4.69, 9.17) is 16.7 Å². The number of hydrazone groups is 1. The Morgan fingerprint density at radius 3 is 2.13 bits per heavy atom. The molecule has 198 valence electrons. The van der Waals surface area contributed by atoms with E-state index < -0.39 is 17.8 Å². The SMILES string of the molecule is O=C(Nc1ccc(OC(F)(F)F)cc1)N1CC(Cc2ccccc2)(c2ccccc2)C(c2ccc(Cl)cc2)=N1. The van der Waals surface area contributed by atoms with Crippen molar-refractivity contribution in [2.24, 2.45) is 5.10 Å².